The molecule has 13 N–H and O–H groups in total. The van der Waals surface area contributed by atoms with Crippen molar-refractivity contribution >= 4 is 8.80 Å². The van der Waals surface area contributed by atoms with E-state index in [9.17, 15) is 30.6 Å². The van der Waals surface area contributed by atoms with Gasteiger partial charge in [-0.15, -0.1) is 0 Å². The first-order valence-electron chi connectivity index (χ1n) is 18.7. The average molecular weight is 714 g/mol. The lowest BCUT2D eigenvalue weighted by atomic mass is 10.0. The summed E-state index contributed by atoms with van der Waals surface area (Å²) in [5.41, 5.74) is 13.8. The van der Waals surface area contributed by atoms with Crippen LogP contribution in [0.15, 0.2) is 0 Å². The van der Waals surface area contributed by atoms with Crippen LogP contribution in [0.25, 0.3) is 0 Å². The van der Waals surface area contributed by atoms with Crippen molar-refractivity contribution in [1.82, 2.24) is 0 Å². The summed E-state index contributed by atoms with van der Waals surface area (Å²) in [4.78, 5) is 1.33. The maximum Gasteiger partial charge on any atom is 0.501 e. The number of hydrogen-bond donors (Lipinski definition) is 10. The van der Waals surface area contributed by atoms with Crippen LogP contribution in [0, 0.1) is 0 Å². The van der Waals surface area contributed by atoms with Gasteiger partial charge in [0.05, 0.1) is 96.2 Å². The van der Waals surface area contributed by atoms with Crippen molar-refractivity contribution in [2.24, 2.45) is 17.2 Å². The molecule has 0 spiro atoms. The van der Waals surface area contributed by atoms with Gasteiger partial charge < -0.3 is 66.0 Å². The van der Waals surface area contributed by atoms with Gasteiger partial charge in [-0.05, 0) is 12.8 Å². The molecule has 1 atom stereocenters. The third-order valence-corrected chi connectivity index (χ3v) is 11.9. The van der Waals surface area contributed by atoms with E-state index in [4.69, 9.17) is 30.5 Å². The highest BCUT2D eigenvalue weighted by molar-refractivity contribution is 6.60. The van der Waals surface area contributed by atoms with Crippen LogP contribution in [0.5, 0.6) is 0 Å². The van der Waals surface area contributed by atoms with Crippen LogP contribution in [0.2, 0.25) is 6.04 Å². The molecule has 0 aromatic rings. The molecule has 0 radical (unpaired) electrons. The molecule has 0 heterocycles. The minimum atomic E-state index is -3.79. The predicted molar refractivity (Wildman–Crippen MR) is 192 cm³/mol. The molecule has 0 fully saturated rings. The lowest BCUT2D eigenvalue weighted by Crippen LogP contribution is -3.09. The summed E-state index contributed by atoms with van der Waals surface area (Å²) in [6, 6.07) is 0.274. The van der Waals surface area contributed by atoms with E-state index in [-0.39, 0.29) is 25.9 Å². The van der Waals surface area contributed by atoms with Crippen LogP contribution < -0.4 is 22.1 Å². The number of hydrogen-bond acceptors (Lipinski definition) is 12. The summed E-state index contributed by atoms with van der Waals surface area (Å²) in [6.07, 6.45) is 21.9. The van der Waals surface area contributed by atoms with Crippen molar-refractivity contribution in [3.8, 4) is 0 Å². The van der Waals surface area contributed by atoms with Gasteiger partial charge in [0.25, 0.3) is 0 Å². The highest BCUT2D eigenvalue weighted by Crippen LogP contribution is 2.23. The topological polar surface area (TPSA) is 232 Å². The fourth-order valence-corrected chi connectivity index (χ4v) is 8.05. The van der Waals surface area contributed by atoms with E-state index in [1.165, 1.54) is 101 Å². The second kappa shape index (κ2) is 28.3. The van der Waals surface area contributed by atoms with E-state index in [1.807, 2.05) is 0 Å². The van der Waals surface area contributed by atoms with Crippen molar-refractivity contribution in [1.29, 1.82) is 0 Å². The third kappa shape index (κ3) is 22.5. The van der Waals surface area contributed by atoms with Crippen molar-refractivity contribution in [2.45, 2.75) is 139 Å². The molecule has 14 heteroatoms. The molecule has 1 unspecified atom stereocenters. The molecule has 0 bridgehead atoms. The highest BCUT2D eigenvalue weighted by Gasteiger charge is 2.46. The number of nitrogens with two attached hydrogens (primary N) is 3. The Hall–Kier alpha value is -0.303. The van der Waals surface area contributed by atoms with E-state index >= 15 is 0 Å². The Bertz CT molecular complexity index is 678. The van der Waals surface area contributed by atoms with Crippen LogP contribution in [0.4, 0.5) is 0 Å². The van der Waals surface area contributed by atoms with Gasteiger partial charge in [-0.1, -0.05) is 96.8 Å². The molecule has 0 rings (SSSR count). The molecule has 0 amide bonds. The monoisotopic (exact) mass is 714 g/mol. The molecular formula is C34H77N4O9Si+. The Labute approximate surface area is 292 Å². The number of quaternary nitrogens is 1. The van der Waals surface area contributed by atoms with Gasteiger partial charge in [0.15, 0.2) is 0 Å². The van der Waals surface area contributed by atoms with Crippen molar-refractivity contribution < 1.29 is 48.8 Å². The average Bonchev–Trinajstić information content (AvgIpc) is 3.11. The summed E-state index contributed by atoms with van der Waals surface area (Å²) in [5, 5.41) is 58.4. The number of aliphatic hydroxyl groups is 6. The minimum absolute atomic E-state index is 0.274. The van der Waals surface area contributed by atoms with E-state index in [0.717, 1.165) is 19.5 Å². The molecular weight excluding hydrogens is 636 g/mol. The standard InChI is InChI=1S/C34H76N4O9Si/c1-3-4-5-6-7-8-9-10-11-12-13-14-15-16-17-18-20-38(2)21-19-22-48(45-29-32(35,23-39)24-40,46-30-33(36,25-41)26-42)47-31-34(37,27-43)28-44/h39-44H,3-31,35-37H2,1-2H3/p+1. The Morgan fingerprint density at radius 2 is 0.729 bits per heavy atom. The van der Waals surface area contributed by atoms with Gasteiger partial charge >= 0.3 is 8.80 Å². The Morgan fingerprint density at radius 1 is 0.458 bits per heavy atom. The quantitative estimate of drug-likeness (QED) is 0.0310. The zero-order chi connectivity index (χ0) is 36.2. The van der Waals surface area contributed by atoms with E-state index in [2.05, 4.69) is 14.0 Å². The SMILES string of the molecule is CCCCCCCCCCCCCCCCCC[NH+](C)CCC[Si](OCC(N)(CO)CO)(OCC(N)(CO)CO)OCC(N)(CO)CO. The predicted octanol–water partition coefficient (Wildman–Crippen LogP) is 0.188. The third-order valence-electron chi connectivity index (χ3n) is 9.17. The largest absolute Gasteiger partial charge is 0.501 e. The van der Waals surface area contributed by atoms with Crippen molar-refractivity contribution in [2.75, 3.05) is 79.6 Å². The molecule has 48 heavy (non-hydrogen) atoms. The van der Waals surface area contributed by atoms with Crippen LogP contribution >= 0.6 is 0 Å². The van der Waals surface area contributed by atoms with Gasteiger partial charge in [-0.25, -0.2) is 0 Å². The maximum absolute atomic E-state index is 9.73. The summed E-state index contributed by atoms with van der Waals surface area (Å²) < 4.78 is 18.4. The summed E-state index contributed by atoms with van der Waals surface area (Å²) in [5.74, 6) is 0. The van der Waals surface area contributed by atoms with Crippen LogP contribution in [0.3, 0.4) is 0 Å². The number of rotatable bonds is 36. The minimum Gasteiger partial charge on any atom is -0.394 e. The first-order chi connectivity index (χ1) is 22.9. The van der Waals surface area contributed by atoms with Crippen molar-refractivity contribution in [3.05, 3.63) is 0 Å². The van der Waals surface area contributed by atoms with E-state index in [1.54, 1.807) is 0 Å². The zero-order valence-electron chi connectivity index (χ0n) is 30.6. The van der Waals surface area contributed by atoms with Crippen LogP contribution in [-0.4, -0.2) is 136 Å². The first kappa shape index (κ1) is 47.7. The fourth-order valence-electron chi connectivity index (χ4n) is 5.23. The zero-order valence-corrected chi connectivity index (χ0v) is 31.6. The van der Waals surface area contributed by atoms with Crippen LogP contribution in [0.1, 0.15) is 116 Å². The van der Waals surface area contributed by atoms with Gasteiger partial charge in [0.1, 0.15) is 0 Å². The summed E-state index contributed by atoms with van der Waals surface area (Å²) in [7, 11) is -1.66. The number of aliphatic hydroxyl groups excluding tert-OH is 6. The number of nitrogens with one attached hydrogen (secondary N) is 1. The smallest absolute Gasteiger partial charge is 0.394 e. The lowest BCUT2D eigenvalue weighted by molar-refractivity contribution is -0.879. The van der Waals surface area contributed by atoms with Gasteiger partial charge in [0.2, 0.25) is 0 Å². The Morgan fingerprint density at radius 3 is 1.02 bits per heavy atom. The summed E-state index contributed by atoms with van der Waals surface area (Å²) in [6.45, 7) is -0.307. The Balaban J connectivity index is 4.80. The Kier molecular flexibility index (Phi) is 28.1. The van der Waals surface area contributed by atoms with Crippen LogP contribution in [-0.2, 0) is 13.3 Å². The molecule has 0 aliphatic carbocycles. The van der Waals surface area contributed by atoms with Crippen molar-refractivity contribution in [3.63, 3.8) is 0 Å². The molecule has 0 aromatic heterocycles. The van der Waals surface area contributed by atoms with Gasteiger partial charge in [-0.2, -0.15) is 0 Å². The summed E-state index contributed by atoms with van der Waals surface area (Å²) >= 11 is 0. The fraction of sp³-hybridized carbons (Fsp3) is 1.00. The van der Waals surface area contributed by atoms with Gasteiger partial charge in [-0.3, -0.25) is 0 Å². The normalized spacial score (nSPS) is 13.8. The molecule has 290 valence electrons. The van der Waals surface area contributed by atoms with Gasteiger partial charge in [0, 0.05) is 12.5 Å². The molecule has 0 aliphatic rings. The van der Waals surface area contributed by atoms with E-state index in [0.29, 0.717) is 6.42 Å². The second-order valence-electron chi connectivity index (χ2n) is 14.4. The second-order valence-corrected chi connectivity index (χ2v) is 17.2. The maximum atomic E-state index is 9.73. The molecule has 13 nitrogen and oxygen atoms in total. The first-order valence-corrected chi connectivity index (χ1v) is 20.6. The molecule has 0 saturated heterocycles. The number of unbranched alkanes of at least 4 members (excludes halogenated alkanes) is 15. The van der Waals surface area contributed by atoms with E-state index < -0.39 is 65.1 Å². The highest BCUT2D eigenvalue weighted by atomic mass is 28.4. The molecule has 0 aromatic carbocycles. The molecule has 0 aliphatic heterocycles. The molecule has 0 saturated carbocycles. The lowest BCUT2D eigenvalue weighted by Gasteiger charge is -2.38.